The first-order valence-corrected chi connectivity index (χ1v) is 7.96. The van der Waals surface area contributed by atoms with Crippen LogP contribution in [0.5, 0.6) is 0 Å². The lowest BCUT2D eigenvalue weighted by molar-refractivity contribution is 0.0779. The maximum Gasteiger partial charge on any atom is 0.409 e. The van der Waals surface area contributed by atoms with E-state index in [1.165, 1.54) is 6.07 Å². The molecule has 8 heteroatoms. The Morgan fingerprint density at radius 1 is 1.12 bits per heavy atom. The van der Waals surface area contributed by atoms with Crippen LogP contribution in [0.25, 0.3) is 11.0 Å². The highest BCUT2D eigenvalue weighted by Gasteiger charge is 2.22. The smallest absolute Gasteiger partial charge is 0.409 e. The van der Waals surface area contributed by atoms with Gasteiger partial charge in [0.15, 0.2) is 0 Å². The molecular formula is C16H20N4O4. The van der Waals surface area contributed by atoms with Gasteiger partial charge in [0.1, 0.15) is 5.65 Å². The van der Waals surface area contributed by atoms with E-state index in [0.29, 0.717) is 45.0 Å². The lowest BCUT2D eigenvalue weighted by Gasteiger charge is -2.34. The fourth-order valence-corrected chi connectivity index (χ4v) is 2.91. The second-order valence-electron chi connectivity index (χ2n) is 5.73. The molecule has 0 saturated carbocycles. The largest absolute Gasteiger partial charge is 0.450 e. The van der Waals surface area contributed by atoms with Crippen molar-refractivity contribution in [3.63, 3.8) is 0 Å². The van der Waals surface area contributed by atoms with Crippen LogP contribution in [-0.4, -0.2) is 58.6 Å². The SMILES string of the molecule is CCOC(=O)N1CCN(Cc2cc(=O)[nH]c3[nH]c(=O)ccc23)CC1. The predicted molar refractivity (Wildman–Crippen MR) is 89.1 cm³/mol. The quantitative estimate of drug-likeness (QED) is 0.852. The molecule has 1 aliphatic heterocycles. The Balaban J connectivity index is 1.74. The second kappa shape index (κ2) is 6.88. The summed E-state index contributed by atoms with van der Waals surface area (Å²) in [5, 5.41) is 0.821. The average molecular weight is 332 g/mol. The molecule has 3 heterocycles. The van der Waals surface area contributed by atoms with Gasteiger partial charge in [-0.05, 0) is 18.6 Å². The van der Waals surface area contributed by atoms with E-state index in [9.17, 15) is 14.4 Å². The predicted octanol–water partition coefficient (Wildman–Crippen LogP) is 0.490. The molecule has 128 valence electrons. The van der Waals surface area contributed by atoms with Gasteiger partial charge in [-0.1, -0.05) is 0 Å². The minimum absolute atomic E-state index is 0.246. The molecule has 1 saturated heterocycles. The number of nitrogens with one attached hydrogen (secondary N) is 2. The number of fused-ring (bicyclic) bond motifs is 1. The van der Waals surface area contributed by atoms with Gasteiger partial charge >= 0.3 is 6.09 Å². The molecule has 0 aliphatic carbocycles. The number of H-pyrrole nitrogens is 2. The molecule has 3 rings (SSSR count). The van der Waals surface area contributed by atoms with Gasteiger partial charge in [-0.2, -0.15) is 0 Å². The number of carbonyl (C=O) groups is 1. The van der Waals surface area contributed by atoms with E-state index in [0.717, 1.165) is 10.9 Å². The van der Waals surface area contributed by atoms with Crippen molar-refractivity contribution in [1.29, 1.82) is 0 Å². The zero-order valence-electron chi connectivity index (χ0n) is 13.5. The number of hydrogen-bond acceptors (Lipinski definition) is 5. The van der Waals surface area contributed by atoms with Crippen molar-refractivity contribution in [3.8, 4) is 0 Å². The molecule has 0 spiro atoms. The van der Waals surface area contributed by atoms with Crippen LogP contribution in [-0.2, 0) is 11.3 Å². The van der Waals surface area contributed by atoms with Gasteiger partial charge in [0.2, 0.25) is 11.1 Å². The van der Waals surface area contributed by atoms with Crippen molar-refractivity contribution in [2.45, 2.75) is 13.5 Å². The third-order valence-electron chi connectivity index (χ3n) is 4.11. The number of pyridine rings is 2. The van der Waals surface area contributed by atoms with Crippen molar-refractivity contribution < 1.29 is 9.53 Å². The van der Waals surface area contributed by atoms with Gasteiger partial charge in [0, 0.05) is 50.2 Å². The maximum absolute atomic E-state index is 11.8. The van der Waals surface area contributed by atoms with Crippen LogP contribution >= 0.6 is 0 Å². The standard InChI is InChI=1S/C16H20N4O4/c1-2-24-16(23)20-7-5-19(6-8-20)10-11-9-14(22)18-15-12(11)3-4-13(21)17-15/h3-4,9H,2,5-8,10H2,1H3,(H2,17,18,21,22). The number of carbonyl (C=O) groups excluding carboxylic acids is 1. The van der Waals surface area contributed by atoms with Crippen LogP contribution in [0.2, 0.25) is 0 Å². The first kappa shape index (κ1) is 16.3. The second-order valence-corrected chi connectivity index (χ2v) is 5.73. The van der Waals surface area contributed by atoms with Crippen LogP contribution in [0.4, 0.5) is 4.79 Å². The Hall–Kier alpha value is -2.61. The van der Waals surface area contributed by atoms with Gasteiger partial charge in [-0.25, -0.2) is 4.79 Å². The molecule has 1 fully saturated rings. The summed E-state index contributed by atoms with van der Waals surface area (Å²) < 4.78 is 5.01. The summed E-state index contributed by atoms with van der Waals surface area (Å²) in [6.07, 6.45) is -0.281. The van der Waals surface area contributed by atoms with Crippen LogP contribution in [0.3, 0.4) is 0 Å². The van der Waals surface area contributed by atoms with Crippen LogP contribution in [0, 0.1) is 0 Å². The zero-order chi connectivity index (χ0) is 17.1. The number of hydrogen-bond donors (Lipinski definition) is 2. The summed E-state index contributed by atoms with van der Waals surface area (Å²) >= 11 is 0. The lowest BCUT2D eigenvalue weighted by Crippen LogP contribution is -2.48. The van der Waals surface area contributed by atoms with Gasteiger partial charge in [-0.15, -0.1) is 0 Å². The van der Waals surface area contributed by atoms with Gasteiger partial charge in [0.25, 0.3) is 0 Å². The number of nitrogens with zero attached hydrogens (tertiary/aromatic N) is 2. The Morgan fingerprint density at radius 2 is 1.83 bits per heavy atom. The van der Waals surface area contributed by atoms with Crippen molar-refractivity contribution in [2.24, 2.45) is 0 Å². The summed E-state index contributed by atoms with van der Waals surface area (Å²) in [4.78, 5) is 44.1. The Morgan fingerprint density at radius 3 is 2.54 bits per heavy atom. The maximum atomic E-state index is 11.8. The number of piperazine rings is 1. The van der Waals surface area contributed by atoms with E-state index in [-0.39, 0.29) is 17.2 Å². The number of rotatable bonds is 3. The monoisotopic (exact) mass is 332 g/mol. The molecule has 1 aliphatic rings. The fourth-order valence-electron chi connectivity index (χ4n) is 2.91. The molecule has 0 radical (unpaired) electrons. The summed E-state index contributed by atoms with van der Waals surface area (Å²) in [6, 6.07) is 4.72. The zero-order valence-corrected chi connectivity index (χ0v) is 13.5. The molecule has 2 aromatic rings. The van der Waals surface area contributed by atoms with Gasteiger partial charge in [-0.3, -0.25) is 14.5 Å². The summed E-state index contributed by atoms with van der Waals surface area (Å²) in [5.41, 5.74) is 0.799. The molecule has 0 aromatic carbocycles. The molecule has 0 unspecified atom stereocenters. The van der Waals surface area contributed by atoms with Crippen LogP contribution in [0.1, 0.15) is 12.5 Å². The molecule has 0 bridgehead atoms. The fraction of sp³-hybridized carbons (Fsp3) is 0.438. The third kappa shape index (κ3) is 3.48. The topological polar surface area (TPSA) is 98.5 Å². The van der Waals surface area contributed by atoms with E-state index < -0.39 is 0 Å². The van der Waals surface area contributed by atoms with E-state index in [4.69, 9.17) is 4.74 Å². The molecule has 24 heavy (non-hydrogen) atoms. The Bertz CT molecular complexity index is 844. The van der Waals surface area contributed by atoms with Crippen molar-refractivity contribution in [2.75, 3.05) is 32.8 Å². The van der Waals surface area contributed by atoms with Crippen LogP contribution < -0.4 is 11.1 Å². The average Bonchev–Trinajstić information content (AvgIpc) is 2.55. The molecule has 8 nitrogen and oxygen atoms in total. The normalized spacial score (nSPS) is 15.6. The number of aromatic amines is 2. The third-order valence-corrected chi connectivity index (χ3v) is 4.11. The van der Waals surface area contributed by atoms with E-state index in [1.54, 1.807) is 24.0 Å². The summed E-state index contributed by atoms with van der Waals surface area (Å²) in [6.45, 7) is 5.34. The van der Waals surface area contributed by atoms with Gasteiger partial charge < -0.3 is 19.6 Å². The van der Waals surface area contributed by atoms with Gasteiger partial charge in [0.05, 0.1) is 6.61 Å². The molecule has 2 aromatic heterocycles. The highest BCUT2D eigenvalue weighted by atomic mass is 16.6. The van der Waals surface area contributed by atoms with Crippen molar-refractivity contribution in [1.82, 2.24) is 19.8 Å². The molecule has 2 N–H and O–H groups in total. The molecule has 1 amide bonds. The molecule has 0 atom stereocenters. The minimum atomic E-state index is -0.281. The Labute approximate surface area is 138 Å². The van der Waals surface area contributed by atoms with E-state index in [2.05, 4.69) is 14.9 Å². The minimum Gasteiger partial charge on any atom is -0.450 e. The van der Waals surface area contributed by atoms with E-state index in [1.807, 2.05) is 0 Å². The van der Waals surface area contributed by atoms with Crippen LogP contribution in [0.15, 0.2) is 27.8 Å². The molecular weight excluding hydrogens is 312 g/mol. The Kier molecular flexibility index (Phi) is 4.66. The highest BCUT2D eigenvalue weighted by molar-refractivity contribution is 5.78. The summed E-state index contributed by atoms with van der Waals surface area (Å²) in [5.74, 6) is 0. The number of ether oxygens (including phenoxy) is 1. The highest BCUT2D eigenvalue weighted by Crippen LogP contribution is 2.15. The van der Waals surface area contributed by atoms with Crippen molar-refractivity contribution >= 4 is 17.1 Å². The van der Waals surface area contributed by atoms with Crippen molar-refractivity contribution in [3.05, 3.63) is 44.5 Å². The first-order valence-electron chi connectivity index (χ1n) is 7.96. The first-order chi connectivity index (χ1) is 11.6. The number of aromatic nitrogens is 2. The lowest BCUT2D eigenvalue weighted by atomic mass is 10.1. The van der Waals surface area contributed by atoms with E-state index >= 15 is 0 Å². The number of amides is 1. The summed E-state index contributed by atoms with van der Waals surface area (Å²) in [7, 11) is 0.